The number of rotatable bonds is 9. The van der Waals surface area contributed by atoms with Crippen molar-refractivity contribution in [2.75, 3.05) is 0 Å². The van der Waals surface area contributed by atoms with E-state index in [9.17, 15) is 57.5 Å². The predicted molar refractivity (Wildman–Crippen MR) is 207 cm³/mol. The second-order valence-corrected chi connectivity index (χ2v) is 15.4. The summed E-state index contributed by atoms with van der Waals surface area (Å²) in [6, 6.07) is 21.7. The highest BCUT2D eigenvalue weighted by Crippen LogP contribution is 2.31. The van der Waals surface area contributed by atoms with E-state index in [2.05, 4.69) is 18.2 Å². The number of halogens is 20. The average Bonchev–Trinajstić information content (AvgIpc) is 3.88. The molecule has 1 saturated carbocycles. The van der Waals surface area contributed by atoms with E-state index in [0.29, 0.717) is 0 Å². The van der Waals surface area contributed by atoms with Gasteiger partial charge in [-0.2, -0.15) is 4.57 Å². The van der Waals surface area contributed by atoms with E-state index >= 15 is 35.1 Å². The number of carbonyl (C=O) groups excluding carboxylic acids is 1. The van der Waals surface area contributed by atoms with Gasteiger partial charge in [0, 0.05) is 17.0 Å². The first kappa shape index (κ1) is 50.7. The fraction of sp³-hybridized carbons (Fsp3) is 0.130. The van der Waals surface area contributed by atoms with Crippen LogP contribution < -0.4 is 31.2 Å². The molecule has 0 atom stereocenters. The monoisotopic (exact) mass is 1010 g/mol. The van der Waals surface area contributed by atoms with Crippen LogP contribution in [0.25, 0.3) is 10.9 Å². The maximum atomic E-state index is 15.4. The highest BCUT2D eigenvalue weighted by molar-refractivity contribution is 7.20. The Morgan fingerprint density at radius 2 is 0.729 bits per heavy atom. The molecule has 6 aromatic carbocycles. The van der Waals surface area contributed by atoms with E-state index < -0.39 is 144 Å². The minimum atomic E-state index is -7.22. The summed E-state index contributed by atoms with van der Waals surface area (Å²) < 4.78 is 302. The smallest absolute Gasteiger partial charge is 0.368 e. The van der Waals surface area contributed by atoms with E-state index in [1.807, 2.05) is 53.1 Å². The molecule has 1 aliphatic rings. The summed E-state index contributed by atoms with van der Waals surface area (Å²) >= 11 is 0. The van der Waals surface area contributed by atoms with Gasteiger partial charge in [-0.05, 0) is 37.8 Å². The van der Waals surface area contributed by atoms with Crippen LogP contribution in [0.2, 0.25) is 0 Å². The Kier molecular flexibility index (Phi) is 14.0. The zero-order chi connectivity index (χ0) is 51.4. The third-order valence-corrected chi connectivity index (χ3v) is 11.6. The molecule has 366 valence electrons. The quantitative estimate of drug-likeness (QED) is 0.0360. The molecule has 0 saturated heterocycles. The minimum Gasteiger partial charge on any atom is -0.441 e. The standard InChI is InChI=1S/C24BF20.C22H22NO2/c26-5-1(6(27)14(35)21(42)13(5)34)25(2-7(28)15(36)22(43)16(37)8(2)29,3-9(30)17(38)23(44)18(39)10(3)31)4-11(32)19(40)24(45)20(41)12(4)33;24-21(18-9-2-1-3-10-18)16-23-20-13-7-4-8-17(20)14-15-22(23)25-19-11-5-6-12-19/h;1-4,7-10,13-15,19H,5-6,11-12,16H2/q-1;+1. The summed E-state index contributed by atoms with van der Waals surface area (Å²) in [4.78, 5) is 12.8. The van der Waals surface area contributed by atoms with Gasteiger partial charge in [0.1, 0.15) is 58.8 Å². The topological polar surface area (TPSA) is 30.2 Å². The first-order chi connectivity index (χ1) is 33.0. The van der Waals surface area contributed by atoms with Gasteiger partial charge in [-0.15, -0.1) is 21.9 Å². The van der Waals surface area contributed by atoms with Crippen LogP contribution in [-0.4, -0.2) is 18.0 Å². The maximum absolute atomic E-state index is 15.4. The minimum absolute atomic E-state index is 0.0956. The number of benzene rings is 6. The summed E-state index contributed by atoms with van der Waals surface area (Å²) in [5.41, 5.74) is -12.6. The lowest BCUT2D eigenvalue weighted by Crippen LogP contribution is -2.81. The summed E-state index contributed by atoms with van der Waals surface area (Å²) in [5, 5.41) is 1.11. The lowest BCUT2D eigenvalue weighted by molar-refractivity contribution is -0.663. The van der Waals surface area contributed by atoms with Crippen molar-refractivity contribution in [1.82, 2.24) is 0 Å². The van der Waals surface area contributed by atoms with Crippen LogP contribution >= 0.6 is 0 Å². The molecule has 0 aliphatic heterocycles. The Morgan fingerprint density at radius 1 is 0.414 bits per heavy atom. The van der Waals surface area contributed by atoms with Crippen molar-refractivity contribution in [3.8, 4) is 5.88 Å². The highest BCUT2D eigenvalue weighted by atomic mass is 19.2. The van der Waals surface area contributed by atoms with Crippen molar-refractivity contribution < 1.29 is 102 Å². The summed E-state index contributed by atoms with van der Waals surface area (Å²) in [7, 11) is 0. The average molecular weight is 1010 g/mol. The van der Waals surface area contributed by atoms with Crippen molar-refractivity contribution >= 4 is 44.7 Å². The molecule has 1 fully saturated rings. The normalized spacial score (nSPS) is 13.0. The molecule has 70 heavy (non-hydrogen) atoms. The van der Waals surface area contributed by atoms with Crippen molar-refractivity contribution in [3.63, 3.8) is 0 Å². The van der Waals surface area contributed by atoms with Crippen LogP contribution in [0.1, 0.15) is 36.0 Å². The first-order valence-corrected chi connectivity index (χ1v) is 19.9. The van der Waals surface area contributed by atoms with Gasteiger partial charge < -0.3 is 4.74 Å². The van der Waals surface area contributed by atoms with Crippen LogP contribution in [0, 0.1) is 116 Å². The number of Topliss-reactive ketones (excluding diaryl/α,β-unsaturated/α-hetero) is 1. The number of aromatic nitrogens is 1. The maximum Gasteiger partial charge on any atom is 0.368 e. The SMILES string of the molecule is Fc1c(F)c(F)c([B-](c2c(F)c(F)c(F)c(F)c2F)(c2c(F)c(F)c(F)c(F)c2F)c2c(F)c(F)c(F)c(F)c2F)c(F)c1F.O=C(C[n+]1c(OC2CCCC2)ccc2ccccc21)c1ccccc1. The molecule has 0 unspecified atom stereocenters. The predicted octanol–water partition coefficient (Wildman–Crippen LogP) is 10.2. The van der Waals surface area contributed by atoms with E-state index in [0.717, 1.165) is 35.2 Å². The van der Waals surface area contributed by atoms with Gasteiger partial charge in [0.25, 0.3) is 0 Å². The third kappa shape index (κ3) is 8.12. The number of hydrogen-bond acceptors (Lipinski definition) is 2. The van der Waals surface area contributed by atoms with Crippen LogP contribution in [0.15, 0.2) is 66.7 Å². The number of ether oxygens (including phenoxy) is 1. The summed E-state index contributed by atoms with van der Waals surface area (Å²) in [6.07, 6.45) is -2.31. The molecule has 0 radical (unpaired) electrons. The Bertz CT molecular complexity index is 2880. The molecule has 0 amide bonds. The second kappa shape index (κ2) is 19.3. The Labute approximate surface area is 379 Å². The van der Waals surface area contributed by atoms with Crippen LogP contribution in [0.4, 0.5) is 87.8 Å². The number of nitrogens with zero attached hydrogens (tertiary/aromatic N) is 1. The number of fused-ring (bicyclic) bond motifs is 1. The Morgan fingerprint density at radius 3 is 1.09 bits per heavy atom. The van der Waals surface area contributed by atoms with Gasteiger partial charge in [-0.25, -0.2) is 87.8 Å². The highest BCUT2D eigenvalue weighted by Gasteiger charge is 2.52. The van der Waals surface area contributed by atoms with Gasteiger partial charge in [-0.3, -0.25) is 4.79 Å². The summed E-state index contributed by atoms with van der Waals surface area (Å²) in [5.74, 6) is -70.5. The van der Waals surface area contributed by atoms with Gasteiger partial charge in [-0.1, -0.05) is 42.5 Å². The molecule has 0 spiro atoms. The van der Waals surface area contributed by atoms with E-state index in [1.54, 1.807) is 0 Å². The lowest BCUT2D eigenvalue weighted by Gasteiger charge is -2.44. The second-order valence-electron chi connectivity index (χ2n) is 15.4. The molecule has 1 heterocycles. The zero-order valence-electron chi connectivity index (χ0n) is 34.4. The van der Waals surface area contributed by atoms with Gasteiger partial charge in [0.05, 0.1) is 6.07 Å². The third-order valence-electron chi connectivity index (χ3n) is 11.6. The van der Waals surface area contributed by atoms with Crippen LogP contribution in [-0.2, 0) is 6.54 Å². The van der Waals surface area contributed by atoms with Crippen LogP contribution in [0.5, 0.6) is 5.88 Å². The van der Waals surface area contributed by atoms with E-state index in [4.69, 9.17) is 4.74 Å². The molecular formula is C46H22BF20NO2. The van der Waals surface area contributed by atoms with Crippen molar-refractivity contribution in [2.45, 2.75) is 38.3 Å². The molecule has 1 aromatic heterocycles. The van der Waals surface area contributed by atoms with Crippen molar-refractivity contribution in [2.24, 2.45) is 0 Å². The number of ketones is 1. The molecule has 8 rings (SSSR count). The molecule has 0 bridgehead atoms. The molecule has 1 aliphatic carbocycles. The number of carbonyl (C=O) groups is 1. The Hall–Kier alpha value is -7.14. The van der Waals surface area contributed by atoms with E-state index in [-0.39, 0.29) is 18.4 Å². The van der Waals surface area contributed by atoms with Gasteiger partial charge in [0.2, 0.25) is 17.8 Å². The fourth-order valence-corrected chi connectivity index (χ4v) is 8.42. The largest absolute Gasteiger partial charge is 0.441 e. The first-order valence-electron chi connectivity index (χ1n) is 19.9. The Balaban J connectivity index is 0.000000242. The number of para-hydroxylation sites is 1. The van der Waals surface area contributed by atoms with Crippen molar-refractivity contribution in [1.29, 1.82) is 0 Å². The zero-order valence-corrected chi connectivity index (χ0v) is 34.4. The number of pyridine rings is 1. The fourth-order valence-electron chi connectivity index (χ4n) is 8.42. The summed E-state index contributed by atoms with van der Waals surface area (Å²) in [6.45, 7) is 0.285. The van der Waals surface area contributed by atoms with Gasteiger partial charge in [0.15, 0.2) is 69.8 Å². The van der Waals surface area contributed by atoms with E-state index in [1.165, 1.54) is 12.8 Å². The van der Waals surface area contributed by atoms with Crippen molar-refractivity contribution in [3.05, 3.63) is 189 Å². The molecule has 3 nitrogen and oxygen atoms in total. The van der Waals surface area contributed by atoms with Crippen LogP contribution in [0.3, 0.4) is 0 Å². The number of hydrogen-bond donors (Lipinski definition) is 0. The van der Waals surface area contributed by atoms with Gasteiger partial charge >= 0.3 is 5.88 Å². The molecule has 7 aromatic rings. The lowest BCUT2D eigenvalue weighted by atomic mass is 9.12. The molecule has 0 N–H and O–H groups in total. The molecule has 24 heteroatoms. The molecular weight excluding hydrogens is 989 g/mol.